The van der Waals surface area contributed by atoms with Crippen molar-refractivity contribution >= 4 is 33.5 Å². The number of halogens is 2. The van der Waals surface area contributed by atoms with Gasteiger partial charge in [0.05, 0.1) is 4.83 Å². The van der Waals surface area contributed by atoms with Crippen molar-refractivity contribution in [2.45, 2.75) is 10.2 Å². The van der Waals surface area contributed by atoms with Crippen LogP contribution in [0.5, 0.6) is 0 Å². The van der Waals surface area contributed by atoms with Crippen molar-refractivity contribution in [1.82, 2.24) is 0 Å². The highest BCUT2D eigenvalue weighted by Crippen LogP contribution is 2.29. The molecule has 0 fully saturated rings. The quantitative estimate of drug-likeness (QED) is 0.852. The molecule has 2 atom stereocenters. The summed E-state index contributed by atoms with van der Waals surface area (Å²) in [6.45, 7) is 0. The molecule has 0 aromatic heterocycles. The predicted octanol–water partition coefficient (Wildman–Crippen LogP) is 2.81. The first kappa shape index (κ1) is 10.5. The van der Waals surface area contributed by atoms with E-state index in [2.05, 4.69) is 15.9 Å². The molecule has 1 N–H and O–H groups in total. The van der Waals surface area contributed by atoms with Crippen LogP contribution in [0.25, 0.3) is 0 Å². The number of alkyl halides is 2. The zero-order chi connectivity index (χ0) is 9.84. The van der Waals surface area contributed by atoms with Crippen LogP contribution in [0.3, 0.4) is 0 Å². The third-order valence-corrected chi connectivity index (χ3v) is 3.41. The van der Waals surface area contributed by atoms with E-state index in [1.807, 2.05) is 30.3 Å². The minimum absolute atomic E-state index is 0.354. The molecular formula is C9H8BrClO2. The lowest BCUT2D eigenvalue weighted by molar-refractivity contribution is -0.136. The summed E-state index contributed by atoms with van der Waals surface area (Å²) in [5, 5.41) is 7.71. The van der Waals surface area contributed by atoms with Gasteiger partial charge in [-0.1, -0.05) is 46.3 Å². The SMILES string of the molecule is O=C(O)[C@@H](Cl)[C@@H](Br)c1ccccc1. The first-order valence-corrected chi connectivity index (χ1v) is 5.04. The van der Waals surface area contributed by atoms with Crippen LogP contribution in [-0.4, -0.2) is 16.5 Å². The van der Waals surface area contributed by atoms with Gasteiger partial charge in [0.15, 0.2) is 0 Å². The summed E-state index contributed by atoms with van der Waals surface area (Å²) in [4.78, 5) is 10.2. The van der Waals surface area contributed by atoms with Crippen LogP contribution in [0.15, 0.2) is 30.3 Å². The molecule has 0 bridgehead atoms. The molecule has 0 spiro atoms. The average molecular weight is 264 g/mol. The molecule has 0 saturated carbocycles. The van der Waals surface area contributed by atoms with Gasteiger partial charge in [-0.3, -0.25) is 4.79 Å². The minimum atomic E-state index is -1.02. The highest BCUT2D eigenvalue weighted by Gasteiger charge is 2.24. The summed E-state index contributed by atoms with van der Waals surface area (Å²) in [6, 6.07) is 9.22. The summed E-state index contributed by atoms with van der Waals surface area (Å²) < 4.78 is 0. The molecule has 70 valence electrons. The van der Waals surface area contributed by atoms with Crippen LogP contribution in [0, 0.1) is 0 Å². The molecule has 0 aliphatic carbocycles. The Balaban J connectivity index is 2.79. The Morgan fingerprint density at radius 3 is 2.38 bits per heavy atom. The number of carboxylic acids is 1. The van der Waals surface area contributed by atoms with Crippen LogP contribution < -0.4 is 0 Å². The first-order valence-electron chi connectivity index (χ1n) is 3.69. The van der Waals surface area contributed by atoms with Crippen molar-refractivity contribution in [2.75, 3.05) is 0 Å². The molecule has 0 amide bonds. The molecule has 13 heavy (non-hydrogen) atoms. The van der Waals surface area contributed by atoms with Gasteiger partial charge in [0, 0.05) is 0 Å². The second-order valence-corrected chi connectivity index (χ2v) is 4.01. The summed E-state index contributed by atoms with van der Waals surface area (Å²) >= 11 is 8.89. The van der Waals surface area contributed by atoms with Crippen LogP contribution in [0.2, 0.25) is 0 Å². The molecule has 2 nitrogen and oxygen atoms in total. The summed E-state index contributed by atoms with van der Waals surface area (Å²) in [7, 11) is 0. The molecule has 0 aliphatic heterocycles. The van der Waals surface area contributed by atoms with E-state index in [0.717, 1.165) is 5.56 Å². The third kappa shape index (κ3) is 2.71. The minimum Gasteiger partial charge on any atom is -0.480 e. The highest BCUT2D eigenvalue weighted by atomic mass is 79.9. The molecule has 1 rings (SSSR count). The lowest BCUT2D eigenvalue weighted by Gasteiger charge is -2.12. The van der Waals surface area contributed by atoms with Gasteiger partial charge >= 0.3 is 5.97 Å². The van der Waals surface area contributed by atoms with Gasteiger partial charge in [-0.05, 0) is 5.56 Å². The Hall–Kier alpha value is -0.540. The van der Waals surface area contributed by atoms with Gasteiger partial charge < -0.3 is 5.11 Å². The van der Waals surface area contributed by atoms with Crippen molar-refractivity contribution in [3.63, 3.8) is 0 Å². The van der Waals surface area contributed by atoms with Crippen molar-refractivity contribution in [2.24, 2.45) is 0 Å². The molecular weight excluding hydrogens is 255 g/mol. The fourth-order valence-corrected chi connectivity index (χ4v) is 1.61. The molecule has 0 heterocycles. The molecule has 0 saturated heterocycles. The largest absolute Gasteiger partial charge is 0.480 e. The fraction of sp³-hybridized carbons (Fsp3) is 0.222. The Bertz CT molecular complexity index is 289. The van der Waals surface area contributed by atoms with E-state index in [1.54, 1.807) is 0 Å². The maximum absolute atomic E-state index is 10.6. The maximum Gasteiger partial charge on any atom is 0.323 e. The maximum atomic E-state index is 10.6. The average Bonchev–Trinajstić information content (AvgIpc) is 2.17. The highest BCUT2D eigenvalue weighted by molar-refractivity contribution is 9.09. The zero-order valence-corrected chi connectivity index (χ0v) is 8.99. The Labute approximate surface area is 89.7 Å². The normalized spacial score (nSPS) is 14.9. The van der Waals surface area contributed by atoms with E-state index in [1.165, 1.54) is 0 Å². The zero-order valence-electron chi connectivity index (χ0n) is 6.65. The van der Waals surface area contributed by atoms with E-state index in [0.29, 0.717) is 0 Å². The number of carbonyl (C=O) groups is 1. The smallest absolute Gasteiger partial charge is 0.323 e. The monoisotopic (exact) mass is 262 g/mol. The topological polar surface area (TPSA) is 37.3 Å². The van der Waals surface area contributed by atoms with Crippen molar-refractivity contribution in [1.29, 1.82) is 0 Å². The Kier molecular flexibility index (Phi) is 3.75. The van der Waals surface area contributed by atoms with Crippen molar-refractivity contribution in [3.8, 4) is 0 Å². The van der Waals surface area contributed by atoms with E-state index < -0.39 is 11.3 Å². The number of hydrogen-bond donors (Lipinski definition) is 1. The molecule has 0 unspecified atom stereocenters. The Morgan fingerprint density at radius 2 is 1.92 bits per heavy atom. The standard InChI is InChI=1S/C9H8BrClO2/c10-7(8(11)9(12)13)6-4-2-1-3-5-6/h1-5,7-8H,(H,12,13)/t7-,8-/m0/s1. The predicted molar refractivity (Wildman–Crippen MR) is 55.4 cm³/mol. The second kappa shape index (κ2) is 4.63. The lowest BCUT2D eigenvalue weighted by Crippen LogP contribution is -2.18. The van der Waals surface area contributed by atoms with Gasteiger partial charge in [-0.25, -0.2) is 0 Å². The molecule has 4 heteroatoms. The summed E-state index contributed by atoms with van der Waals surface area (Å²) in [6.07, 6.45) is 0. The van der Waals surface area contributed by atoms with Gasteiger partial charge in [0.1, 0.15) is 5.38 Å². The van der Waals surface area contributed by atoms with E-state index in [-0.39, 0.29) is 4.83 Å². The number of rotatable bonds is 3. The van der Waals surface area contributed by atoms with E-state index in [9.17, 15) is 4.79 Å². The van der Waals surface area contributed by atoms with E-state index >= 15 is 0 Å². The van der Waals surface area contributed by atoms with Gasteiger partial charge in [-0.2, -0.15) is 0 Å². The van der Waals surface area contributed by atoms with Crippen LogP contribution in [0.4, 0.5) is 0 Å². The van der Waals surface area contributed by atoms with Crippen LogP contribution in [0.1, 0.15) is 10.4 Å². The number of carboxylic acid groups (broad SMARTS) is 1. The molecule has 1 aromatic carbocycles. The third-order valence-electron chi connectivity index (χ3n) is 1.61. The van der Waals surface area contributed by atoms with Crippen LogP contribution >= 0.6 is 27.5 Å². The lowest BCUT2D eigenvalue weighted by atomic mass is 10.1. The molecule has 0 radical (unpaired) electrons. The first-order chi connectivity index (χ1) is 6.13. The van der Waals surface area contributed by atoms with E-state index in [4.69, 9.17) is 16.7 Å². The van der Waals surface area contributed by atoms with Crippen LogP contribution in [-0.2, 0) is 4.79 Å². The summed E-state index contributed by atoms with van der Waals surface area (Å²) in [5.41, 5.74) is 0.866. The number of aliphatic carboxylic acids is 1. The van der Waals surface area contributed by atoms with Gasteiger partial charge in [-0.15, -0.1) is 11.6 Å². The summed E-state index contributed by atoms with van der Waals surface area (Å²) in [5.74, 6) is -1.02. The Morgan fingerprint density at radius 1 is 1.38 bits per heavy atom. The molecule has 1 aromatic rings. The fourth-order valence-electron chi connectivity index (χ4n) is 0.931. The van der Waals surface area contributed by atoms with Crippen molar-refractivity contribution in [3.05, 3.63) is 35.9 Å². The number of benzene rings is 1. The molecule has 0 aliphatic rings. The second-order valence-electron chi connectivity index (χ2n) is 2.55. The van der Waals surface area contributed by atoms with Crippen molar-refractivity contribution < 1.29 is 9.90 Å². The van der Waals surface area contributed by atoms with Gasteiger partial charge in [0.25, 0.3) is 0 Å². The number of hydrogen-bond acceptors (Lipinski definition) is 1. The van der Waals surface area contributed by atoms with Gasteiger partial charge in [0.2, 0.25) is 0 Å².